The molecule has 0 heterocycles. The second-order valence-corrected chi connectivity index (χ2v) is 12.6. The molecule has 2 aromatic rings. The van der Waals surface area contributed by atoms with Gasteiger partial charge in [0, 0.05) is 23.0 Å². The van der Waals surface area contributed by atoms with Gasteiger partial charge < -0.3 is 0 Å². The molecule has 0 spiro atoms. The van der Waals surface area contributed by atoms with Gasteiger partial charge in [0.05, 0.1) is 0 Å². The Morgan fingerprint density at radius 1 is 0.512 bits per heavy atom. The van der Waals surface area contributed by atoms with Gasteiger partial charge in [-0.15, -0.1) is 0 Å². The van der Waals surface area contributed by atoms with Crippen molar-refractivity contribution in [3.63, 3.8) is 0 Å². The standard InChI is InChI=1S/C20H26F2.C19H24F2/c1-2-3-4-5-6-16-7-9-17(10-8-16)11-12-18-13-14-19(21)20(22)15-18;1-2-3-4-5-15-6-8-16(9-7-15)10-11-17-12-13-18(20)19(21)14-17/h13-17H,2-10H2,1H3;12-16H,2-9H2,1H3. The highest BCUT2D eigenvalue weighted by molar-refractivity contribution is 5.36. The first kappa shape index (κ1) is 34.8. The Bertz CT molecular complexity index is 1210. The van der Waals surface area contributed by atoms with Crippen molar-refractivity contribution < 1.29 is 17.6 Å². The smallest absolute Gasteiger partial charge is 0.160 e. The Labute approximate surface area is 258 Å². The maximum atomic E-state index is 13.1. The van der Waals surface area contributed by atoms with Crippen LogP contribution in [0.25, 0.3) is 0 Å². The molecule has 0 bridgehead atoms. The van der Waals surface area contributed by atoms with Crippen LogP contribution in [0.2, 0.25) is 0 Å². The maximum absolute atomic E-state index is 13.1. The molecule has 4 heteroatoms. The van der Waals surface area contributed by atoms with Gasteiger partial charge in [-0.25, -0.2) is 17.6 Å². The number of hydrogen-bond donors (Lipinski definition) is 0. The molecule has 0 radical (unpaired) electrons. The summed E-state index contributed by atoms with van der Waals surface area (Å²) in [4.78, 5) is 0. The summed E-state index contributed by atoms with van der Waals surface area (Å²) in [5.74, 6) is 11.8. The zero-order valence-electron chi connectivity index (χ0n) is 26.3. The fraction of sp³-hybridized carbons (Fsp3) is 0.590. The molecule has 234 valence electrons. The van der Waals surface area contributed by atoms with Crippen LogP contribution >= 0.6 is 0 Å². The quantitative estimate of drug-likeness (QED) is 0.154. The molecule has 0 saturated heterocycles. The molecule has 0 unspecified atom stereocenters. The van der Waals surface area contributed by atoms with Crippen LogP contribution in [0.5, 0.6) is 0 Å². The molecule has 2 fully saturated rings. The van der Waals surface area contributed by atoms with E-state index in [2.05, 4.69) is 37.5 Å². The van der Waals surface area contributed by atoms with E-state index in [1.165, 1.54) is 95.6 Å². The van der Waals surface area contributed by atoms with E-state index in [0.717, 1.165) is 49.7 Å². The first-order valence-corrected chi connectivity index (χ1v) is 16.8. The first-order valence-electron chi connectivity index (χ1n) is 16.8. The van der Waals surface area contributed by atoms with E-state index in [1.54, 1.807) is 12.1 Å². The van der Waals surface area contributed by atoms with Crippen LogP contribution in [-0.4, -0.2) is 0 Å². The molecule has 4 rings (SSSR count). The molecule has 43 heavy (non-hydrogen) atoms. The molecule has 2 aliphatic rings. The van der Waals surface area contributed by atoms with Gasteiger partial charge in [-0.05, 0) is 99.6 Å². The number of hydrogen-bond acceptors (Lipinski definition) is 0. The normalized spacial score (nSPS) is 21.4. The Hall–Kier alpha value is -2.72. The molecule has 0 amide bonds. The summed E-state index contributed by atoms with van der Waals surface area (Å²) in [5.41, 5.74) is 1.14. The van der Waals surface area contributed by atoms with Gasteiger partial charge in [-0.3, -0.25) is 0 Å². The van der Waals surface area contributed by atoms with E-state index >= 15 is 0 Å². The van der Waals surface area contributed by atoms with Crippen LogP contribution in [0.3, 0.4) is 0 Å². The summed E-state index contributed by atoms with van der Waals surface area (Å²) >= 11 is 0. The molecule has 2 saturated carbocycles. The van der Waals surface area contributed by atoms with E-state index in [0.29, 0.717) is 23.0 Å². The van der Waals surface area contributed by atoms with Crippen LogP contribution in [0, 0.1) is 70.6 Å². The summed E-state index contributed by atoms with van der Waals surface area (Å²) in [6.07, 6.45) is 21.7. The monoisotopic (exact) mass is 594 g/mol. The largest absolute Gasteiger partial charge is 0.204 e. The highest BCUT2D eigenvalue weighted by Gasteiger charge is 2.20. The van der Waals surface area contributed by atoms with E-state index in [1.807, 2.05) is 0 Å². The molecule has 0 atom stereocenters. The molecular formula is C39H50F4. The van der Waals surface area contributed by atoms with Crippen molar-refractivity contribution in [2.75, 3.05) is 0 Å². The van der Waals surface area contributed by atoms with Crippen molar-refractivity contribution in [2.24, 2.45) is 23.7 Å². The summed E-state index contributed by atoms with van der Waals surface area (Å²) in [7, 11) is 0. The third-order valence-corrected chi connectivity index (χ3v) is 9.06. The third kappa shape index (κ3) is 13.2. The lowest BCUT2D eigenvalue weighted by Gasteiger charge is -2.25. The minimum atomic E-state index is -0.818. The lowest BCUT2D eigenvalue weighted by molar-refractivity contribution is 0.294. The van der Waals surface area contributed by atoms with Gasteiger partial charge in [0.1, 0.15) is 0 Å². The van der Waals surface area contributed by atoms with Crippen LogP contribution in [-0.2, 0) is 0 Å². The molecule has 0 nitrogen and oxygen atoms in total. The van der Waals surface area contributed by atoms with Crippen molar-refractivity contribution in [2.45, 2.75) is 123 Å². The number of unbranched alkanes of at least 4 members (excludes halogenated alkanes) is 5. The topological polar surface area (TPSA) is 0 Å². The van der Waals surface area contributed by atoms with Gasteiger partial charge in [-0.2, -0.15) is 0 Å². The molecule has 2 aliphatic carbocycles. The molecule has 0 N–H and O–H groups in total. The predicted molar refractivity (Wildman–Crippen MR) is 170 cm³/mol. The molecular weight excluding hydrogens is 544 g/mol. The maximum Gasteiger partial charge on any atom is 0.160 e. The Balaban J connectivity index is 0.000000236. The average molecular weight is 595 g/mol. The minimum Gasteiger partial charge on any atom is -0.204 e. The van der Waals surface area contributed by atoms with Crippen molar-refractivity contribution in [1.29, 1.82) is 0 Å². The van der Waals surface area contributed by atoms with Crippen molar-refractivity contribution in [3.8, 4) is 23.7 Å². The second kappa shape index (κ2) is 19.5. The summed E-state index contributed by atoms with van der Waals surface area (Å²) in [6, 6.07) is 7.74. The highest BCUT2D eigenvalue weighted by Crippen LogP contribution is 2.33. The Kier molecular flexibility index (Phi) is 15.8. The van der Waals surface area contributed by atoms with Gasteiger partial charge in [-0.1, -0.05) is 95.3 Å². The van der Waals surface area contributed by atoms with E-state index in [-0.39, 0.29) is 0 Å². The fourth-order valence-electron chi connectivity index (χ4n) is 6.25. The van der Waals surface area contributed by atoms with Crippen molar-refractivity contribution in [3.05, 3.63) is 70.8 Å². The third-order valence-electron chi connectivity index (χ3n) is 9.06. The van der Waals surface area contributed by atoms with Crippen molar-refractivity contribution >= 4 is 0 Å². The van der Waals surface area contributed by atoms with Crippen LogP contribution in [0.15, 0.2) is 36.4 Å². The number of halogens is 4. The number of rotatable bonds is 9. The van der Waals surface area contributed by atoms with Gasteiger partial charge in [0.2, 0.25) is 0 Å². The van der Waals surface area contributed by atoms with E-state index in [9.17, 15) is 17.6 Å². The second-order valence-electron chi connectivity index (χ2n) is 12.6. The van der Waals surface area contributed by atoms with E-state index in [4.69, 9.17) is 0 Å². The van der Waals surface area contributed by atoms with Crippen LogP contribution in [0.4, 0.5) is 17.6 Å². The molecule has 0 aromatic heterocycles. The average Bonchev–Trinajstić information content (AvgIpc) is 3.02. The first-order chi connectivity index (χ1) is 20.9. The number of benzene rings is 2. The minimum absolute atomic E-state index is 0.417. The highest BCUT2D eigenvalue weighted by atomic mass is 19.2. The Morgan fingerprint density at radius 2 is 0.907 bits per heavy atom. The summed E-state index contributed by atoms with van der Waals surface area (Å²) in [5, 5.41) is 0. The summed E-state index contributed by atoms with van der Waals surface area (Å²) in [6.45, 7) is 4.49. The fourth-order valence-corrected chi connectivity index (χ4v) is 6.25. The van der Waals surface area contributed by atoms with Gasteiger partial charge in [0.25, 0.3) is 0 Å². The van der Waals surface area contributed by atoms with Crippen LogP contribution < -0.4 is 0 Å². The zero-order chi connectivity index (χ0) is 30.9. The lowest BCUT2D eigenvalue weighted by atomic mass is 9.80. The zero-order valence-corrected chi connectivity index (χ0v) is 26.3. The Morgan fingerprint density at radius 3 is 1.30 bits per heavy atom. The lowest BCUT2D eigenvalue weighted by Crippen LogP contribution is -2.13. The van der Waals surface area contributed by atoms with Crippen molar-refractivity contribution in [1.82, 2.24) is 0 Å². The summed E-state index contributed by atoms with van der Waals surface area (Å²) < 4.78 is 51.9. The van der Waals surface area contributed by atoms with E-state index < -0.39 is 23.3 Å². The molecule has 0 aliphatic heterocycles. The van der Waals surface area contributed by atoms with Gasteiger partial charge >= 0.3 is 0 Å². The molecule has 2 aromatic carbocycles. The van der Waals surface area contributed by atoms with Crippen LogP contribution in [0.1, 0.15) is 134 Å². The predicted octanol–water partition coefficient (Wildman–Crippen LogP) is 11.8. The van der Waals surface area contributed by atoms with Gasteiger partial charge in [0.15, 0.2) is 23.3 Å². The SMILES string of the molecule is CCCCCC1CCC(C#Cc2ccc(F)c(F)c2)CC1.CCCCCCC1CCC(C#Cc2ccc(F)c(F)c2)CC1.